The summed E-state index contributed by atoms with van der Waals surface area (Å²) in [6.45, 7) is 26.4. The molecule has 12 heteroatoms. The zero-order valence-electron chi connectivity index (χ0n) is 39.8. The number of aromatic nitrogens is 6. The first-order valence-corrected chi connectivity index (χ1v) is 20.6. The lowest BCUT2D eigenvalue weighted by molar-refractivity contribution is 0.653. The number of hydrogen-bond donors (Lipinski definition) is 0. The van der Waals surface area contributed by atoms with Crippen molar-refractivity contribution in [2.24, 2.45) is 42.3 Å². The summed E-state index contributed by atoms with van der Waals surface area (Å²) in [4.78, 5) is 67.9. The van der Waals surface area contributed by atoms with Crippen LogP contribution < -0.4 is 33.5 Å². The minimum Gasteiger partial charge on any atom is -0.318 e. The van der Waals surface area contributed by atoms with Gasteiger partial charge in [0.2, 0.25) is 5.56 Å². The molecule has 330 valence electrons. The molecule has 0 radical (unpaired) electrons. The van der Waals surface area contributed by atoms with Crippen molar-refractivity contribution in [3.8, 4) is 0 Å². The van der Waals surface area contributed by atoms with E-state index in [9.17, 15) is 28.8 Å². The number of nitrogens with zero attached hydrogens (tertiary/aromatic N) is 6. The molecule has 0 unspecified atom stereocenters. The average Bonchev–Trinajstić information content (AvgIpc) is 3.16. The lowest BCUT2D eigenvalue weighted by Crippen LogP contribution is -2.38. The van der Waals surface area contributed by atoms with Crippen LogP contribution in [0, 0.1) is 20.8 Å². The zero-order valence-corrected chi connectivity index (χ0v) is 39.8. The molecule has 0 N–H and O–H groups in total. The van der Waals surface area contributed by atoms with Crippen molar-refractivity contribution in [1.82, 2.24) is 27.4 Å². The van der Waals surface area contributed by atoms with E-state index in [4.69, 9.17) is 0 Å². The lowest BCUT2D eigenvalue weighted by Gasteiger charge is -2.08. The Morgan fingerprint density at radius 1 is 0.400 bits per heavy atom. The first kappa shape index (κ1) is 52.5. The largest absolute Gasteiger partial charge is 0.330 e. The summed E-state index contributed by atoms with van der Waals surface area (Å²) < 4.78 is 9.11. The highest BCUT2D eigenvalue weighted by Crippen LogP contribution is 2.14. The summed E-state index contributed by atoms with van der Waals surface area (Å²) in [5.41, 5.74) is 7.96. The van der Waals surface area contributed by atoms with Crippen molar-refractivity contribution in [3.05, 3.63) is 168 Å². The van der Waals surface area contributed by atoms with Crippen LogP contribution in [0.1, 0.15) is 143 Å². The van der Waals surface area contributed by atoms with Crippen molar-refractivity contribution in [2.45, 2.75) is 120 Å². The van der Waals surface area contributed by atoms with E-state index in [1.807, 2.05) is 85.3 Å². The first-order chi connectivity index (χ1) is 27.6. The summed E-state index contributed by atoms with van der Waals surface area (Å²) in [6, 6.07) is 11.2. The third kappa shape index (κ3) is 15.3. The summed E-state index contributed by atoms with van der Waals surface area (Å²) in [7, 11) is 10.3. The monoisotopic (exact) mass is 829 g/mol. The Morgan fingerprint density at radius 3 is 1.35 bits per heavy atom. The van der Waals surface area contributed by atoms with Crippen molar-refractivity contribution in [3.63, 3.8) is 0 Å². The molecule has 5 aromatic rings. The Morgan fingerprint density at radius 2 is 0.900 bits per heavy atom. The van der Waals surface area contributed by atoms with Gasteiger partial charge in [0.1, 0.15) is 0 Å². The molecule has 0 aliphatic rings. The van der Waals surface area contributed by atoms with Gasteiger partial charge in [0.05, 0.1) is 0 Å². The van der Waals surface area contributed by atoms with E-state index in [0.717, 1.165) is 32.5 Å². The zero-order chi connectivity index (χ0) is 46.5. The molecule has 5 heterocycles. The maximum atomic E-state index is 11.5. The molecule has 60 heavy (non-hydrogen) atoms. The molecule has 0 aliphatic carbocycles. The molecule has 0 saturated carbocycles. The van der Waals surface area contributed by atoms with E-state index in [-0.39, 0.29) is 39.4 Å². The highest BCUT2D eigenvalue weighted by atomic mass is 16.2. The Labute approximate surface area is 356 Å². The van der Waals surface area contributed by atoms with Crippen LogP contribution in [0.2, 0.25) is 0 Å². The van der Waals surface area contributed by atoms with E-state index in [0.29, 0.717) is 29.2 Å². The van der Waals surface area contributed by atoms with Crippen LogP contribution in [0.4, 0.5) is 0 Å². The fourth-order valence-corrected chi connectivity index (χ4v) is 5.87. The Balaban J connectivity index is 0.000000375. The first-order valence-electron chi connectivity index (χ1n) is 20.6. The predicted molar refractivity (Wildman–Crippen MR) is 248 cm³/mol. The second-order valence-electron chi connectivity index (χ2n) is 17.1. The molecule has 0 saturated heterocycles. The molecule has 0 spiro atoms. The lowest BCUT2D eigenvalue weighted by atomic mass is 10.0. The van der Waals surface area contributed by atoms with E-state index in [1.54, 1.807) is 71.8 Å². The molecule has 0 fully saturated rings. The molecule has 0 aliphatic heterocycles. The van der Waals surface area contributed by atoms with E-state index in [2.05, 4.69) is 47.6 Å². The van der Waals surface area contributed by atoms with Gasteiger partial charge in [-0.25, -0.2) is 4.79 Å². The third-order valence-corrected chi connectivity index (χ3v) is 10.1. The molecule has 0 aromatic carbocycles. The Kier molecular flexibility index (Phi) is 20.4. The van der Waals surface area contributed by atoms with E-state index < -0.39 is 0 Å². The van der Waals surface area contributed by atoms with Crippen LogP contribution in [-0.2, 0) is 42.3 Å². The molecule has 0 atom stereocenters. The van der Waals surface area contributed by atoms with Gasteiger partial charge in [-0.05, 0) is 90.8 Å². The molecule has 12 nitrogen and oxygen atoms in total. The predicted octanol–water partition coefficient (Wildman–Crippen LogP) is 7.17. The minimum atomic E-state index is -0.283. The maximum absolute atomic E-state index is 11.5. The van der Waals surface area contributed by atoms with Crippen molar-refractivity contribution < 1.29 is 0 Å². The molecular formula is C48H72N6O6. The minimum absolute atomic E-state index is 0.0504. The molecular weight excluding hydrogens is 757 g/mol. The number of hydrogen-bond acceptors (Lipinski definition) is 6. The van der Waals surface area contributed by atoms with Crippen LogP contribution in [0.25, 0.3) is 0 Å². The standard InChI is InChI=1S/3C10H15NO.C9H14N2O2.C9H13NO/c1-7(2)9-5-8(3)10(12)11(4)6-9;1-7(2)9-5-8(3)11(4)10(12)6-9;1-7(2)9-5-8(3)6-11(4)10(9)12;1-6(2)7-5-10(3)9(13)11(4)8(7)12;1-7(2)8-4-5-9(11)10(3)6-8/h3*5-7H,1-4H3;5-6H,1-4H3;4-7H,1-3H3. The maximum Gasteiger partial charge on any atom is 0.330 e. The van der Waals surface area contributed by atoms with Gasteiger partial charge >= 0.3 is 5.69 Å². The fourth-order valence-electron chi connectivity index (χ4n) is 5.87. The smallest absolute Gasteiger partial charge is 0.318 e. The summed E-state index contributed by atoms with van der Waals surface area (Å²) in [5, 5.41) is 0. The summed E-state index contributed by atoms with van der Waals surface area (Å²) in [6.07, 6.45) is 7.25. The molecule has 5 rings (SSSR count). The van der Waals surface area contributed by atoms with Gasteiger partial charge in [0.15, 0.2) is 0 Å². The Bertz CT molecular complexity index is 2530. The van der Waals surface area contributed by atoms with Gasteiger partial charge in [-0.2, -0.15) is 0 Å². The number of rotatable bonds is 5. The molecule has 0 bridgehead atoms. The van der Waals surface area contributed by atoms with Gasteiger partial charge < -0.3 is 22.8 Å². The van der Waals surface area contributed by atoms with Crippen LogP contribution in [0.3, 0.4) is 0 Å². The topological polar surface area (TPSA) is 132 Å². The van der Waals surface area contributed by atoms with E-state index >= 15 is 0 Å². The molecule has 5 aromatic heterocycles. The summed E-state index contributed by atoms with van der Waals surface area (Å²) in [5.74, 6) is 1.85. The SMILES string of the molecule is CC(C)c1ccc(=O)n(C)c1.CC(C)c1cn(C)c(=O)n(C)c1=O.Cc1cc(C(C)C)c(=O)n(C)c1.Cc1cc(C(C)C)cc(=O)n1C.Cc1cc(C(C)C)cn(C)c1=O. The van der Waals surface area contributed by atoms with Gasteiger partial charge in [-0.3, -0.25) is 28.5 Å². The summed E-state index contributed by atoms with van der Waals surface area (Å²) >= 11 is 0. The van der Waals surface area contributed by atoms with Crippen molar-refractivity contribution in [2.75, 3.05) is 0 Å². The van der Waals surface area contributed by atoms with Crippen LogP contribution in [-0.4, -0.2) is 27.4 Å². The van der Waals surface area contributed by atoms with Crippen LogP contribution in [0.5, 0.6) is 0 Å². The Hall–Kier alpha value is -5.52. The van der Waals surface area contributed by atoms with Crippen molar-refractivity contribution >= 4 is 0 Å². The average molecular weight is 829 g/mol. The highest BCUT2D eigenvalue weighted by Gasteiger charge is 2.10. The molecule has 0 amide bonds. The third-order valence-electron chi connectivity index (χ3n) is 10.1. The van der Waals surface area contributed by atoms with Gasteiger partial charge in [0.25, 0.3) is 22.2 Å². The highest BCUT2D eigenvalue weighted by molar-refractivity contribution is 5.22. The second kappa shape index (κ2) is 23.3. The van der Waals surface area contributed by atoms with Gasteiger partial charge in [-0.15, -0.1) is 0 Å². The van der Waals surface area contributed by atoms with Gasteiger partial charge in [-0.1, -0.05) is 75.3 Å². The number of aryl methyl sites for hydroxylation is 7. The number of pyridine rings is 4. The quantitative estimate of drug-likeness (QED) is 0.185. The second-order valence-corrected chi connectivity index (χ2v) is 17.1. The van der Waals surface area contributed by atoms with Gasteiger partial charge in [0, 0.05) is 102 Å². The van der Waals surface area contributed by atoms with E-state index in [1.165, 1.54) is 22.7 Å². The normalized spacial score (nSPS) is 10.7. The van der Waals surface area contributed by atoms with Crippen LogP contribution in [0.15, 0.2) is 90.0 Å². The van der Waals surface area contributed by atoms with Crippen molar-refractivity contribution in [1.29, 1.82) is 0 Å². The fraction of sp³-hybridized carbons (Fsp3) is 0.500. The van der Waals surface area contributed by atoms with Crippen LogP contribution >= 0.6 is 0 Å².